The fraction of sp³-hybridized carbons (Fsp3) is 0.474. The molecule has 8 nitrogen and oxygen atoms in total. The van der Waals surface area contributed by atoms with Crippen LogP contribution in [0, 0.1) is 5.92 Å². The van der Waals surface area contributed by atoms with Gasteiger partial charge >= 0.3 is 0 Å². The highest BCUT2D eigenvalue weighted by Gasteiger charge is 2.19. The van der Waals surface area contributed by atoms with Crippen LogP contribution in [-0.4, -0.2) is 31.8 Å². The fourth-order valence-corrected chi connectivity index (χ4v) is 3.13. The maximum atomic E-state index is 13.1. The Morgan fingerprint density at radius 2 is 2.07 bits per heavy atom. The number of tetrazole rings is 1. The van der Waals surface area contributed by atoms with Gasteiger partial charge < -0.3 is 15.0 Å². The van der Waals surface area contributed by atoms with Crippen LogP contribution in [-0.2, 0) is 13.1 Å². The summed E-state index contributed by atoms with van der Waals surface area (Å²) in [5.41, 5.74) is 7.51. The highest BCUT2D eigenvalue weighted by molar-refractivity contribution is 5.91. The zero-order valence-corrected chi connectivity index (χ0v) is 17.3. The molecule has 3 rings (SSSR count). The van der Waals surface area contributed by atoms with E-state index >= 15 is 0 Å². The molecule has 0 aliphatic heterocycles. The molecule has 0 saturated carbocycles. The van der Waals surface area contributed by atoms with Crippen LogP contribution in [0.1, 0.15) is 39.3 Å². The third-order valence-corrected chi connectivity index (χ3v) is 4.43. The molecule has 3 N–H and O–H groups in total. The Morgan fingerprint density at radius 3 is 2.68 bits per heavy atom. The minimum atomic E-state index is -0.0516. The van der Waals surface area contributed by atoms with E-state index in [2.05, 4.69) is 41.4 Å². The Labute approximate surface area is 169 Å². The van der Waals surface area contributed by atoms with Crippen molar-refractivity contribution in [3.8, 4) is 17.1 Å². The van der Waals surface area contributed by atoms with E-state index in [1.165, 1.54) is 0 Å². The van der Waals surface area contributed by atoms with Gasteiger partial charge in [-0.3, -0.25) is 4.79 Å². The monoisotopic (exact) mass is 406 g/mol. The first-order valence-electron chi connectivity index (χ1n) is 9.33. The number of ether oxygens (including phenoxy) is 1. The maximum Gasteiger partial charge on any atom is 0.258 e. The lowest BCUT2D eigenvalue weighted by molar-refractivity contribution is 0.304. The number of aromatic amines is 1. The van der Waals surface area contributed by atoms with Gasteiger partial charge in [0.05, 0.1) is 17.7 Å². The molecule has 0 amide bonds. The normalized spacial score (nSPS) is 11.0. The van der Waals surface area contributed by atoms with Crippen molar-refractivity contribution in [1.82, 2.24) is 25.2 Å². The molecule has 1 aromatic carbocycles. The lowest BCUT2D eigenvalue weighted by Crippen LogP contribution is -2.28. The Balaban J connectivity index is 0.00000280. The molecule has 0 atom stereocenters. The summed E-state index contributed by atoms with van der Waals surface area (Å²) in [6, 6.07) is 5.53. The van der Waals surface area contributed by atoms with E-state index in [0.717, 1.165) is 29.5 Å². The van der Waals surface area contributed by atoms with Gasteiger partial charge in [0.25, 0.3) is 5.56 Å². The third kappa shape index (κ3) is 4.34. The van der Waals surface area contributed by atoms with Crippen molar-refractivity contribution < 1.29 is 4.74 Å². The van der Waals surface area contributed by atoms with E-state index < -0.39 is 0 Å². The van der Waals surface area contributed by atoms with Gasteiger partial charge in [-0.2, -0.15) is 0 Å². The van der Waals surface area contributed by atoms with Gasteiger partial charge in [0.2, 0.25) is 0 Å². The molecule has 9 heteroatoms. The molecular weight excluding hydrogens is 380 g/mol. The summed E-state index contributed by atoms with van der Waals surface area (Å²) in [5, 5.41) is 15.3. The van der Waals surface area contributed by atoms with Crippen LogP contribution in [0.5, 0.6) is 5.75 Å². The second kappa shape index (κ2) is 9.66. The van der Waals surface area contributed by atoms with Crippen molar-refractivity contribution in [2.75, 3.05) is 6.61 Å². The number of fused-ring (bicyclic) bond motifs is 1. The summed E-state index contributed by atoms with van der Waals surface area (Å²) >= 11 is 0. The van der Waals surface area contributed by atoms with Crippen molar-refractivity contribution in [3.63, 3.8) is 0 Å². The predicted octanol–water partition coefficient (Wildman–Crippen LogP) is 2.90. The van der Waals surface area contributed by atoms with Crippen molar-refractivity contribution in [2.24, 2.45) is 11.7 Å². The SMILES string of the molecule is CCCCOc1c(CN)n(CC(C)C)c(=O)c2ccc(-c3nnn[nH]3)cc12.Cl. The number of aromatic nitrogens is 5. The molecule has 0 radical (unpaired) electrons. The number of halogens is 1. The van der Waals surface area contributed by atoms with Crippen molar-refractivity contribution in [1.29, 1.82) is 0 Å². The molecule has 0 bridgehead atoms. The zero-order chi connectivity index (χ0) is 19.4. The van der Waals surface area contributed by atoms with Crippen molar-refractivity contribution in [2.45, 2.75) is 46.7 Å². The Bertz CT molecular complexity index is 969. The number of nitrogens with zero attached hydrogens (tertiary/aromatic N) is 4. The zero-order valence-electron chi connectivity index (χ0n) is 16.4. The summed E-state index contributed by atoms with van der Waals surface area (Å²) in [5.74, 6) is 1.53. The van der Waals surface area contributed by atoms with Crippen molar-refractivity contribution in [3.05, 3.63) is 34.2 Å². The molecule has 0 fully saturated rings. The average molecular weight is 407 g/mol. The summed E-state index contributed by atoms with van der Waals surface area (Å²) in [7, 11) is 0. The fourth-order valence-electron chi connectivity index (χ4n) is 3.13. The van der Waals surface area contributed by atoms with E-state index in [4.69, 9.17) is 10.5 Å². The summed E-state index contributed by atoms with van der Waals surface area (Å²) in [4.78, 5) is 13.1. The molecule has 2 aromatic heterocycles. The number of nitrogens with one attached hydrogen (secondary N) is 1. The molecule has 0 aliphatic rings. The molecular formula is C19H27ClN6O2. The second-order valence-corrected chi connectivity index (χ2v) is 7.00. The topological polar surface area (TPSA) is 112 Å². The summed E-state index contributed by atoms with van der Waals surface area (Å²) in [6.07, 6.45) is 1.96. The smallest absolute Gasteiger partial charge is 0.258 e. The number of hydrogen-bond donors (Lipinski definition) is 2. The first-order chi connectivity index (χ1) is 13.1. The number of benzene rings is 1. The standard InChI is InChI=1S/C19H26N6O2.ClH/c1-4-5-8-27-17-15-9-13(18-21-23-24-22-18)6-7-14(15)19(26)25(11-12(2)3)16(17)10-20;/h6-7,9,12H,4-5,8,10-11,20H2,1-3H3,(H,21,22,23,24);1H. The van der Waals surface area contributed by atoms with Crippen LogP contribution < -0.4 is 16.0 Å². The van der Waals surface area contributed by atoms with Crippen molar-refractivity contribution >= 4 is 23.2 Å². The Kier molecular flexibility index (Phi) is 7.53. The van der Waals surface area contributed by atoms with E-state index in [9.17, 15) is 4.79 Å². The molecule has 0 spiro atoms. The first-order valence-corrected chi connectivity index (χ1v) is 9.33. The van der Waals surface area contributed by atoms with Crippen LogP contribution in [0.25, 0.3) is 22.2 Å². The first kappa shape index (κ1) is 21.8. The average Bonchev–Trinajstić information content (AvgIpc) is 3.19. The lowest BCUT2D eigenvalue weighted by atomic mass is 10.0. The minimum Gasteiger partial charge on any atom is -0.491 e. The lowest BCUT2D eigenvalue weighted by Gasteiger charge is -2.20. The van der Waals surface area contributed by atoms with Gasteiger partial charge in [-0.25, -0.2) is 5.10 Å². The number of hydrogen-bond acceptors (Lipinski definition) is 6. The van der Waals surface area contributed by atoms with Gasteiger partial charge in [0.1, 0.15) is 5.75 Å². The van der Waals surface area contributed by atoms with Crippen LogP contribution >= 0.6 is 12.4 Å². The summed E-state index contributed by atoms with van der Waals surface area (Å²) in [6.45, 7) is 7.67. The Morgan fingerprint density at radius 1 is 1.29 bits per heavy atom. The number of pyridine rings is 1. The highest BCUT2D eigenvalue weighted by atomic mass is 35.5. The molecule has 0 aliphatic carbocycles. The van der Waals surface area contributed by atoms with E-state index in [1.807, 2.05) is 12.1 Å². The van der Waals surface area contributed by atoms with Gasteiger partial charge in [0.15, 0.2) is 5.82 Å². The molecule has 28 heavy (non-hydrogen) atoms. The molecule has 3 aromatic rings. The van der Waals surface area contributed by atoms with E-state index in [0.29, 0.717) is 36.0 Å². The van der Waals surface area contributed by atoms with Crippen LogP contribution in [0.4, 0.5) is 0 Å². The number of H-pyrrole nitrogens is 1. The van der Waals surface area contributed by atoms with E-state index in [1.54, 1.807) is 10.6 Å². The van der Waals surface area contributed by atoms with Gasteiger partial charge in [0, 0.05) is 24.0 Å². The Hall–Kier alpha value is -2.45. The molecule has 152 valence electrons. The molecule has 0 unspecified atom stereocenters. The van der Waals surface area contributed by atoms with Crippen LogP contribution in [0.15, 0.2) is 23.0 Å². The minimum absolute atomic E-state index is 0. The van der Waals surface area contributed by atoms with Gasteiger partial charge in [-0.15, -0.1) is 17.5 Å². The van der Waals surface area contributed by atoms with Gasteiger partial charge in [-0.1, -0.05) is 33.3 Å². The predicted molar refractivity (Wildman–Crippen MR) is 112 cm³/mol. The van der Waals surface area contributed by atoms with Crippen LogP contribution in [0.3, 0.4) is 0 Å². The second-order valence-electron chi connectivity index (χ2n) is 7.00. The molecule has 2 heterocycles. The maximum absolute atomic E-state index is 13.1. The number of unbranched alkanes of at least 4 members (excludes halogenated alkanes) is 1. The third-order valence-electron chi connectivity index (χ3n) is 4.43. The number of nitrogens with two attached hydrogens (primary N) is 1. The van der Waals surface area contributed by atoms with Gasteiger partial charge in [-0.05, 0) is 34.9 Å². The molecule has 0 saturated heterocycles. The largest absolute Gasteiger partial charge is 0.491 e. The number of rotatable bonds is 8. The summed E-state index contributed by atoms with van der Waals surface area (Å²) < 4.78 is 7.88. The van der Waals surface area contributed by atoms with Crippen LogP contribution in [0.2, 0.25) is 0 Å². The quantitative estimate of drug-likeness (QED) is 0.556. The highest BCUT2D eigenvalue weighted by Crippen LogP contribution is 2.31. The van der Waals surface area contributed by atoms with E-state index in [-0.39, 0.29) is 24.5 Å².